The number of carbonyl (C=O) groups is 2. The number of hydrogen-bond acceptors (Lipinski definition) is 6. The quantitative estimate of drug-likeness (QED) is 0.189. The maximum atomic E-state index is 13.1. The summed E-state index contributed by atoms with van der Waals surface area (Å²) in [5, 5.41) is 12.5. The minimum absolute atomic E-state index is 0.0776. The lowest BCUT2D eigenvalue weighted by molar-refractivity contribution is -0.129. The third-order valence-electron chi connectivity index (χ3n) is 5.22. The molecular weight excluding hydrogens is 408 g/mol. The minimum atomic E-state index is -0.368. The molecule has 0 saturated carbocycles. The highest BCUT2D eigenvalue weighted by Gasteiger charge is 2.17. The van der Waals surface area contributed by atoms with Crippen LogP contribution in [-0.4, -0.2) is 28.7 Å². The smallest absolute Gasteiger partial charge is 0.243 e. The molecule has 2 N–H and O–H groups in total. The van der Waals surface area contributed by atoms with E-state index in [1.165, 1.54) is 0 Å². The van der Waals surface area contributed by atoms with Gasteiger partial charge in [0.05, 0.1) is 12.3 Å². The Balaban J connectivity index is 1.73. The molecule has 0 radical (unpaired) electrons. The summed E-state index contributed by atoms with van der Waals surface area (Å²) in [5.74, 6) is 0.852. The van der Waals surface area contributed by atoms with Crippen LogP contribution in [-0.2, 0) is 4.79 Å². The Morgan fingerprint density at radius 3 is 2.44 bits per heavy atom. The Morgan fingerprint density at radius 2 is 1.75 bits per heavy atom. The van der Waals surface area contributed by atoms with E-state index in [4.69, 9.17) is 14.5 Å². The summed E-state index contributed by atoms with van der Waals surface area (Å²) in [6, 6.07) is 14.7. The zero-order valence-corrected chi connectivity index (χ0v) is 18.4. The van der Waals surface area contributed by atoms with Crippen molar-refractivity contribution in [1.29, 1.82) is 0 Å². The van der Waals surface area contributed by atoms with E-state index in [9.17, 15) is 9.59 Å². The number of hydrogen-bond donors (Lipinski definition) is 2. The second-order valence-electron chi connectivity index (χ2n) is 7.69. The van der Waals surface area contributed by atoms with Crippen LogP contribution in [0.5, 0.6) is 5.75 Å². The summed E-state index contributed by atoms with van der Waals surface area (Å²) in [7, 11) is 0. The topological polar surface area (TPSA) is 102 Å². The first kappa shape index (κ1) is 23.2. The Kier molecular flexibility index (Phi) is 8.16. The van der Waals surface area contributed by atoms with Crippen LogP contribution in [0.15, 0.2) is 53.1 Å². The average molecular weight is 437 g/mol. The first-order chi connectivity index (χ1) is 15.5. The van der Waals surface area contributed by atoms with Crippen molar-refractivity contribution in [2.75, 3.05) is 6.61 Å². The number of unbranched alkanes of at least 4 members (excludes halogenated alkanes) is 3. The van der Waals surface area contributed by atoms with E-state index in [2.05, 4.69) is 5.16 Å². The van der Waals surface area contributed by atoms with Crippen molar-refractivity contribution >= 4 is 11.7 Å². The van der Waals surface area contributed by atoms with Crippen LogP contribution in [0.1, 0.15) is 59.5 Å². The lowest BCUT2D eigenvalue weighted by atomic mass is 9.97. The molecule has 0 bridgehead atoms. The fourth-order valence-electron chi connectivity index (χ4n) is 3.60. The highest BCUT2D eigenvalue weighted by molar-refractivity contribution is 6.09. The number of ketones is 1. The van der Waals surface area contributed by atoms with Crippen molar-refractivity contribution in [1.82, 2.24) is 10.6 Å². The van der Waals surface area contributed by atoms with E-state index in [-0.39, 0.29) is 11.7 Å². The van der Waals surface area contributed by atoms with Gasteiger partial charge in [-0.15, -0.1) is 0 Å². The molecule has 3 rings (SSSR count). The molecule has 1 aromatic heterocycles. The molecule has 1 heterocycles. The third-order valence-corrected chi connectivity index (χ3v) is 5.22. The zero-order chi connectivity index (χ0) is 22.9. The molecule has 2 aromatic carbocycles. The summed E-state index contributed by atoms with van der Waals surface area (Å²) in [4.78, 5) is 24.1. The van der Waals surface area contributed by atoms with Crippen molar-refractivity contribution < 1.29 is 24.1 Å². The van der Waals surface area contributed by atoms with E-state index >= 15 is 0 Å². The van der Waals surface area contributed by atoms with E-state index < -0.39 is 0 Å². The van der Waals surface area contributed by atoms with E-state index in [1.54, 1.807) is 23.7 Å². The molecule has 0 fully saturated rings. The van der Waals surface area contributed by atoms with Crippen LogP contribution in [0.2, 0.25) is 0 Å². The normalized spacial score (nSPS) is 10.7. The number of rotatable bonds is 11. The highest BCUT2D eigenvalue weighted by Crippen LogP contribution is 2.32. The van der Waals surface area contributed by atoms with Gasteiger partial charge in [-0.1, -0.05) is 48.3 Å². The van der Waals surface area contributed by atoms with Gasteiger partial charge in [0, 0.05) is 23.1 Å². The van der Waals surface area contributed by atoms with Gasteiger partial charge < -0.3 is 9.26 Å². The summed E-state index contributed by atoms with van der Waals surface area (Å²) in [5.41, 5.74) is 5.23. The molecule has 32 heavy (non-hydrogen) atoms. The summed E-state index contributed by atoms with van der Waals surface area (Å²) in [6.45, 7) is 4.21. The minimum Gasteiger partial charge on any atom is -0.494 e. The fraction of sp³-hybridized carbons (Fsp3) is 0.320. The molecule has 0 atom stereocenters. The largest absolute Gasteiger partial charge is 0.494 e. The number of ether oxygens (including phenoxy) is 1. The standard InChI is InChI=1S/C25H28N2O5/c1-17-24(18(2)32-27-17)20-14-21(25(29)19-10-6-5-7-11-19)16-22(15-20)31-13-9-4-3-8-12-23(28)26-30/h5-7,10-11,14-16,30H,3-4,8-9,12-13H2,1-2H3,(H,26,28). The van der Waals surface area contributed by atoms with Crippen LogP contribution in [0, 0.1) is 13.8 Å². The van der Waals surface area contributed by atoms with E-state index in [0.29, 0.717) is 42.1 Å². The van der Waals surface area contributed by atoms with Crippen LogP contribution in [0.3, 0.4) is 0 Å². The maximum absolute atomic E-state index is 13.1. The lowest BCUT2D eigenvalue weighted by Gasteiger charge is -2.11. The van der Waals surface area contributed by atoms with Crippen LogP contribution >= 0.6 is 0 Å². The molecule has 7 heteroatoms. The zero-order valence-electron chi connectivity index (χ0n) is 18.4. The number of aryl methyl sites for hydroxylation is 2. The summed E-state index contributed by atoms with van der Waals surface area (Å²) >= 11 is 0. The van der Waals surface area contributed by atoms with Crippen molar-refractivity contribution in [2.45, 2.75) is 46.0 Å². The molecule has 1 amide bonds. The second-order valence-corrected chi connectivity index (χ2v) is 7.69. The molecule has 0 aliphatic carbocycles. The average Bonchev–Trinajstić information content (AvgIpc) is 3.15. The Hall–Kier alpha value is -3.45. The van der Waals surface area contributed by atoms with Crippen LogP contribution < -0.4 is 10.2 Å². The molecule has 0 unspecified atom stereocenters. The molecule has 0 spiro atoms. The molecular formula is C25H28N2O5. The monoisotopic (exact) mass is 436 g/mol. The predicted octanol–water partition coefficient (Wildman–Crippen LogP) is 5.02. The van der Waals surface area contributed by atoms with Gasteiger partial charge in [0.2, 0.25) is 5.91 Å². The molecule has 0 saturated heterocycles. The van der Waals surface area contributed by atoms with Crippen molar-refractivity contribution in [3.05, 3.63) is 71.1 Å². The maximum Gasteiger partial charge on any atom is 0.243 e. The number of nitrogens with zero attached hydrogens (tertiary/aromatic N) is 1. The van der Waals surface area contributed by atoms with Crippen molar-refractivity contribution in [2.24, 2.45) is 0 Å². The molecule has 0 aliphatic heterocycles. The number of aromatic nitrogens is 1. The summed E-state index contributed by atoms with van der Waals surface area (Å²) in [6.07, 6.45) is 3.61. The highest BCUT2D eigenvalue weighted by atomic mass is 16.5. The van der Waals surface area contributed by atoms with Crippen molar-refractivity contribution in [3.8, 4) is 16.9 Å². The Labute approximate surface area is 187 Å². The number of hydroxylamine groups is 1. The lowest BCUT2D eigenvalue weighted by Crippen LogP contribution is -2.17. The molecule has 0 aliphatic rings. The number of nitrogens with one attached hydrogen (secondary N) is 1. The van der Waals surface area contributed by atoms with Crippen molar-refractivity contribution in [3.63, 3.8) is 0 Å². The summed E-state index contributed by atoms with van der Waals surface area (Å²) < 4.78 is 11.3. The van der Waals surface area contributed by atoms with Gasteiger partial charge in [-0.2, -0.15) is 0 Å². The van der Waals surface area contributed by atoms with E-state index in [1.807, 2.05) is 44.2 Å². The van der Waals surface area contributed by atoms with E-state index in [0.717, 1.165) is 36.1 Å². The predicted molar refractivity (Wildman–Crippen MR) is 120 cm³/mol. The Bertz CT molecular complexity index is 1040. The van der Waals surface area contributed by atoms with Gasteiger partial charge in [0.1, 0.15) is 11.5 Å². The number of benzene rings is 2. The van der Waals surface area contributed by atoms with Gasteiger partial charge >= 0.3 is 0 Å². The van der Waals surface area contributed by atoms with Gasteiger partial charge in [-0.05, 0) is 50.5 Å². The molecule has 7 nitrogen and oxygen atoms in total. The van der Waals surface area contributed by atoms with Crippen LogP contribution in [0.4, 0.5) is 0 Å². The fourth-order valence-corrected chi connectivity index (χ4v) is 3.60. The number of carbonyl (C=O) groups excluding carboxylic acids is 2. The van der Waals surface area contributed by atoms with Gasteiger partial charge in [0.25, 0.3) is 0 Å². The Morgan fingerprint density at radius 1 is 1.00 bits per heavy atom. The van der Waals surface area contributed by atoms with Gasteiger partial charge in [-0.3, -0.25) is 14.8 Å². The molecule has 3 aromatic rings. The number of amides is 1. The first-order valence-electron chi connectivity index (χ1n) is 10.7. The van der Waals surface area contributed by atoms with Gasteiger partial charge in [0.15, 0.2) is 5.78 Å². The van der Waals surface area contributed by atoms with Crippen LogP contribution in [0.25, 0.3) is 11.1 Å². The first-order valence-corrected chi connectivity index (χ1v) is 10.7. The second kappa shape index (κ2) is 11.2. The van der Waals surface area contributed by atoms with Gasteiger partial charge in [-0.25, -0.2) is 5.48 Å². The molecule has 168 valence electrons. The third kappa shape index (κ3) is 6.04. The SMILES string of the molecule is Cc1noc(C)c1-c1cc(OCCCCCCC(=O)NO)cc(C(=O)c2ccccc2)c1.